The molecule has 4 rings (SSSR count). The van der Waals surface area contributed by atoms with Crippen molar-refractivity contribution < 1.29 is 13.4 Å². The highest BCUT2D eigenvalue weighted by molar-refractivity contribution is 7.86. The summed E-state index contributed by atoms with van der Waals surface area (Å²) in [6.45, 7) is 2.37. The van der Waals surface area contributed by atoms with E-state index in [9.17, 15) is 13.4 Å². The first kappa shape index (κ1) is 20.0. The van der Waals surface area contributed by atoms with E-state index in [-0.39, 0.29) is 27.9 Å². The number of piperidine rings is 1. The van der Waals surface area contributed by atoms with Crippen LogP contribution >= 0.6 is 11.6 Å². The number of aryl methyl sites for hydroxylation is 1. The van der Waals surface area contributed by atoms with Crippen LogP contribution in [-0.4, -0.2) is 32.8 Å². The molecule has 1 aliphatic carbocycles. The normalized spacial score (nSPS) is 18.6. The van der Waals surface area contributed by atoms with Crippen LogP contribution in [0.2, 0.25) is 5.02 Å². The predicted octanol–water partition coefficient (Wildman–Crippen LogP) is 4.45. The van der Waals surface area contributed by atoms with Crippen molar-refractivity contribution >= 4 is 39.9 Å². The van der Waals surface area contributed by atoms with Gasteiger partial charge in [0, 0.05) is 24.9 Å². The van der Waals surface area contributed by atoms with Crippen molar-refractivity contribution in [2.45, 2.75) is 43.0 Å². The number of Topliss-reactive ketones (excluding diaryl/α,β-unsaturated/α-hetero) is 1. The Bertz CT molecular complexity index is 1020. The number of ketones is 1. The molecule has 1 atom stereocenters. The van der Waals surface area contributed by atoms with Crippen molar-refractivity contribution in [2.75, 3.05) is 11.3 Å². The van der Waals surface area contributed by atoms with Crippen LogP contribution in [0.1, 0.15) is 36.8 Å². The fourth-order valence-corrected chi connectivity index (χ4v) is 4.97. The van der Waals surface area contributed by atoms with Crippen LogP contribution in [0, 0.1) is 18.2 Å². The Morgan fingerprint density at radius 2 is 1.97 bits per heavy atom. The van der Waals surface area contributed by atoms with Crippen LogP contribution in [-0.2, 0) is 15.8 Å². The second-order valence-electron chi connectivity index (χ2n) is 7.68. The molecule has 0 bridgehead atoms. The molecule has 2 N–H and O–H groups in total. The summed E-state index contributed by atoms with van der Waals surface area (Å²) < 4.78 is 29.7. The molecule has 2 aromatic carbocycles. The van der Waals surface area contributed by atoms with Gasteiger partial charge in [-0.15, -0.1) is 0 Å². The number of rotatable bonds is 4. The molecule has 152 valence electrons. The number of halogens is 2. The third-order valence-corrected chi connectivity index (χ3v) is 6.94. The number of likely N-dealkylation sites (tertiary alicyclic amines) is 1. The zero-order chi connectivity index (χ0) is 20.8. The van der Waals surface area contributed by atoms with Gasteiger partial charge >= 0.3 is 0 Å². The van der Waals surface area contributed by atoms with Gasteiger partial charge in [-0.2, -0.15) is 0 Å². The Hall–Kier alpha value is -2.25. The van der Waals surface area contributed by atoms with Gasteiger partial charge in [-0.25, -0.2) is 8.60 Å². The van der Waals surface area contributed by atoms with Crippen LogP contribution in [0.4, 0.5) is 10.1 Å². The second-order valence-corrected chi connectivity index (χ2v) is 9.30. The maximum absolute atomic E-state index is 14.1. The molecule has 0 radical (unpaired) electrons. The Labute approximate surface area is 176 Å². The van der Waals surface area contributed by atoms with Crippen LogP contribution in [0.3, 0.4) is 0 Å². The van der Waals surface area contributed by atoms with Crippen molar-refractivity contribution in [2.24, 2.45) is 0 Å². The molecular formula is C21H21ClFN3O2S. The Kier molecular flexibility index (Phi) is 5.21. The van der Waals surface area contributed by atoms with E-state index in [0.717, 1.165) is 24.5 Å². The molecule has 1 unspecified atom stereocenters. The van der Waals surface area contributed by atoms with Gasteiger partial charge < -0.3 is 9.62 Å². The molecule has 29 heavy (non-hydrogen) atoms. The summed E-state index contributed by atoms with van der Waals surface area (Å²) in [5, 5.41) is 8.86. The molecule has 1 aliphatic heterocycles. The molecule has 5 nitrogen and oxygen atoms in total. The van der Waals surface area contributed by atoms with Gasteiger partial charge in [0.15, 0.2) is 0 Å². The lowest BCUT2D eigenvalue weighted by atomic mass is 9.97. The summed E-state index contributed by atoms with van der Waals surface area (Å²) in [7, 11) is -1.64. The first-order chi connectivity index (χ1) is 13.8. The Morgan fingerprint density at radius 3 is 2.62 bits per heavy atom. The van der Waals surface area contributed by atoms with E-state index in [2.05, 4.69) is 4.72 Å². The van der Waals surface area contributed by atoms with Crippen LogP contribution in [0.25, 0.3) is 0 Å². The third-order valence-electron chi connectivity index (χ3n) is 5.54. The molecule has 2 aliphatic rings. The lowest BCUT2D eigenvalue weighted by Gasteiger charge is -2.38. The van der Waals surface area contributed by atoms with Crippen LogP contribution in [0.5, 0.6) is 0 Å². The first-order valence-corrected chi connectivity index (χ1v) is 10.9. The summed E-state index contributed by atoms with van der Waals surface area (Å²) in [5.74, 6) is -0.246. The summed E-state index contributed by atoms with van der Waals surface area (Å²) in [4.78, 5) is 14.3. The molecular weight excluding hydrogens is 413 g/mol. The monoisotopic (exact) mass is 433 g/mol. The minimum absolute atomic E-state index is 0.0751. The Balaban J connectivity index is 1.67. The topological polar surface area (TPSA) is 73.3 Å². The Morgan fingerprint density at radius 1 is 1.28 bits per heavy atom. The maximum atomic E-state index is 14.1. The SMILES string of the molecule is Cc1ccc(S(=O)Nc2cc(F)cc(Cl)c2C(=N)N2CCC(=O)CC23CC3)cc1. The number of amidine groups is 1. The van der Waals surface area contributed by atoms with Crippen molar-refractivity contribution in [3.63, 3.8) is 0 Å². The van der Waals surface area contributed by atoms with Gasteiger partial charge in [-0.3, -0.25) is 10.2 Å². The number of nitrogens with zero attached hydrogens (tertiary/aromatic N) is 1. The van der Waals surface area contributed by atoms with E-state index in [1.807, 2.05) is 24.0 Å². The van der Waals surface area contributed by atoms with Gasteiger partial charge in [0.25, 0.3) is 0 Å². The zero-order valence-corrected chi connectivity index (χ0v) is 17.5. The highest BCUT2D eigenvalue weighted by Gasteiger charge is 2.52. The number of carbonyl (C=O) groups is 1. The van der Waals surface area contributed by atoms with Crippen molar-refractivity contribution in [3.05, 3.63) is 58.4 Å². The van der Waals surface area contributed by atoms with Gasteiger partial charge in [-0.1, -0.05) is 29.3 Å². The lowest BCUT2D eigenvalue weighted by molar-refractivity contribution is -0.122. The van der Waals surface area contributed by atoms with Gasteiger partial charge in [0.1, 0.15) is 28.4 Å². The summed E-state index contributed by atoms with van der Waals surface area (Å²) in [6.07, 6.45) is 2.49. The quantitative estimate of drug-likeness (QED) is 0.552. The highest BCUT2D eigenvalue weighted by Crippen LogP contribution is 2.48. The number of hydrogen-bond acceptors (Lipinski definition) is 3. The number of carbonyl (C=O) groups excluding carboxylic acids is 1. The minimum Gasteiger partial charge on any atom is -0.350 e. The average Bonchev–Trinajstić information content (AvgIpc) is 3.40. The van der Waals surface area contributed by atoms with E-state index in [1.54, 1.807) is 12.1 Å². The molecule has 0 amide bonds. The van der Waals surface area contributed by atoms with Crippen LogP contribution < -0.4 is 4.72 Å². The van der Waals surface area contributed by atoms with Gasteiger partial charge in [0.05, 0.1) is 21.2 Å². The molecule has 2 fully saturated rings. The fourth-order valence-electron chi connectivity index (χ4n) is 3.81. The predicted molar refractivity (Wildman–Crippen MR) is 112 cm³/mol. The van der Waals surface area contributed by atoms with Crippen molar-refractivity contribution in [1.29, 1.82) is 5.41 Å². The molecule has 0 aromatic heterocycles. The van der Waals surface area contributed by atoms with Crippen molar-refractivity contribution in [3.8, 4) is 0 Å². The average molecular weight is 434 g/mol. The number of anilines is 1. The molecule has 1 saturated carbocycles. The van der Waals surface area contributed by atoms with E-state index in [4.69, 9.17) is 17.0 Å². The third kappa shape index (κ3) is 3.94. The van der Waals surface area contributed by atoms with E-state index < -0.39 is 16.8 Å². The fraction of sp³-hybridized carbons (Fsp3) is 0.333. The number of nitrogens with one attached hydrogen (secondary N) is 2. The highest BCUT2D eigenvalue weighted by atomic mass is 35.5. The number of hydrogen-bond donors (Lipinski definition) is 2. The molecule has 2 aromatic rings. The van der Waals surface area contributed by atoms with E-state index in [1.165, 1.54) is 6.07 Å². The van der Waals surface area contributed by atoms with Gasteiger partial charge in [0.2, 0.25) is 0 Å². The standard InChI is InChI=1S/C21H21ClFN3O2S/c1-13-2-4-16(5-3-13)29(28)25-18-11-14(23)10-17(22)19(18)20(24)26-9-6-15(27)12-21(26)7-8-21/h2-5,10-11,24-25H,6-9,12H2,1H3. The van der Waals surface area contributed by atoms with Crippen LogP contribution in [0.15, 0.2) is 41.3 Å². The smallest absolute Gasteiger partial charge is 0.150 e. The molecule has 1 spiro atoms. The molecule has 1 heterocycles. The second kappa shape index (κ2) is 7.54. The number of benzene rings is 2. The summed E-state index contributed by atoms with van der Waals surface area (Å²) in [6, 6.07) is 9.52. The van der Waals surface area contributed by atoms with E-state index in [0.29, 0.717) is 29.8 Å². The summed E-state index contributed by atoms with van der Waals surface area (Å²) in [5.41, 5.74) is 1.22. The molecule has 1 saturated heterocycles. The lowest BCUT2D eigenvalue weighted by Crippen LogP contribution is -2.48. The van der Waals surface area contributed by atoms with E-state index >= 15 is 0 Å². The minimum atomic E-state index is -1.64. The largest absolute Gasteiger partial charge is 0.350 e. The summed E-state index contributed by atoms with van der Waals surface area (Å²) >= 11 is 6.33. The zero-order valence-electron chi connectivity index (χ0n) is 15.9. The van der Waals surface area contributed by atoms with Gasteiger partial charge in [-0.05, 0) is 44.0 Å². The van der Waals surface area contributed by atoms with Crippen molar-refractivity contribution in [1.82, 2.24) is 4.90 Å². The first-order valence-electron chi connectivity index (χ1n) is 9.41. The maximum Gasteiger partial charge on any atom is 0.150 e. The molecule has 8 heteroatoms.